The van der Waals surface area contributed by atoms with E-state index >= 15 is 0 Å². The first kappa shape index (κ1) is 30.0. The van der Waals surface area contributed by atoms with Crippen molar-refractivity contribution < 1.29 is 38.1 Å². The van der Waals surface area contributed by atoms with Gasteiger partial charge in [-0.25, -0.2) is 9.59 Å². The van der Waals surface area contributed by atoms with E-state index in [9.17, 15) is 19.2 Å². The molecule has 0 radical (unpaired) electrons. The number of carbonyl (C=O) groups excluding carboxylic acids is 4. The molecule has 0 aliphatic heterocycles. The van der Waals surface area contributed by atoms with Gasteiger partial charge in [0.1, 0.15) is 11.5 Å². The summed E-state index contributed by atoms with van der Waals surface area (Å²) in [5.41, 5.74) is 15.4. The summed E-state index contributed by atoms with van der Waals surface area (Å²) in [5.74, 6) is -1.51. The maximum Gasteiger partial charge on any atom is 0.332 e. The molecule has 0 aliphatic carbocycles. The molecule has 2 unspecified atom stereocenters. The lowest BCUT2D eigenvalue weighted by Gasteiger charge is -2.12. The van der Waals surface area contributed by atoms with Gasteiger partial charge in [-0.3, -0.25) is 21.1 Å². The SMILES string of the molecule is CC(=O)Oc1ccc2c(CCC(N)OC(=O)/C=C\C(=O)OC(N)CCc3c[nH]c4cc(OC(C)=O)ccc34)c[nH]c2c1. The fourth-order valence-corrected chi connectivity index (χ4v) is 4.43. The number of hydrogen-bond acceptors (Lipinski definition) is 10. The standard InChI is InChI=1S/C30H32N4O8/c1-17(35)39-21-5-7-23-19(15-33-25(23)13-21)3-9-27(31)41-29(37)11-12-30(38)42-28(32)10-4-20-16-34-26-14-22(40-18(2)36)6-8-24(20)26/h5-8,11-16,27-28,33-34H,3-4,9-10,31-32H2,1-2H3/b12-11-. The van der Waals surface area contributed by atoms with E-state index in [0.717, 1.165) is 45.1 Å². The van der Waals surface area contributed by atoms with Crippen molar-refractivity contribution in [1.82, 2.24) is 9.97 Å². The summed E-state index contributed by atoms with van der Waals surface area (Å²) >= 11 is 0. The quantitative estimate of drug-likeness (QED) is 0.0843. The van der Waals surface area contributed by atoms with Crippen molar-refractivity contribution in [2.24, 2.45) is 11.5 Å². The average molecular weight is 577 g/mol. The molecule has 0 bridgehead atoms. The average Bonchev–Trinajstić information content (AvgIpc) is 3.52. The maximum atomic E-state index is 12.1. The number of hydrogen-bond donors (Lipinski definition) is 4. The van der Waals surface area contributed by atoms with Crippen LogP contribution in [-0.4, -0.2) is 46.3 Å². The van der Waals surface area contributed by atoms with Gasteiger partial charge in [0.15, 0.2) is 12.5 Å². The zero-order chi connectivity index (χ0) is 30.2. The molecule has 220 valence electrons. The summed E-state index contributed by atoms with van der Waals surface area (Å²) in [5, 5.41) is 1.86. The van der Waals surface area contributed by atoms with E-state index < -0.39 is 36.3 Å². The molecule has 0 fully saturated rings. The molecule has 2 heterocycles. The van der Waals surface area contributed by atoms with E-state index in [4.69, 9.17) is 30.4 Å². The highest BCUT2D eigenvalue weighted by Crippen LogP contribution is 2.26. The number of aryl methyl sites for hydroxylation is 2. The van der Waals surface area contributed by atoms with Crippen molar-refractivity contribution in [2.45, 2.75) is 52.0 Å². The van der Waals surface area contributed by atoms with Crippen LogP contribution in [0.5, 0.6) is 11.5 Å². The van der Waals surface area contributed by atoms with Gasteiger partial charge in [0.05, 0.1) is 0 Å². The Morgan fingerprint density at radius 3 is 1.50 bits per heavy atom. The van der Waals surface area contributed by atoms with Crippen molar-refractivity contribution in [3.8, 4) is 11.5 Å². The summed E-state index contributed by atoms with van der Waals surface area (Å²) in [6.07, 6.45) is 5.44. The van der Waals surface area contributed by atoms with Crippen molar-refractivity contribution in [1.29, 1.82) is 0 Å². The monoisotopic (exact) mass is 576 g/mol. The predicted octanol–water partition coefficient (Wildman–Crippen LogP) is 3.28. The molecule has 0 amide bonds. The number of rotatable bonds is 12. The molecule has 6 N–H and O–H groups in total. The van der Waals surface area contributed by atoms with Gasteiger partial charge in [0, 0.05) is 85.2 Å². The first-order valence-corrected chi connectivity index (χ1v) is 13.2. The largest absolute Gasteiger partial charge is 0.444 e. The second kappa shape index (κ2) is 13.6. The molecule has 42 heavy (non-hydrogen) atoms. The predicted molar refractivity (Wildman–Crippen MR) is 153 cm³/mol. The number of nitrogens with two attached hydrogens (primary N) is 2. The molecule has 4 rings (SSSR count). The van der Waals surface area contributed by atoms with Gasteiger partial charge in [-0.05, 0) is 48.2 Å². The Hall–Kier alpha value is -4.94. The van der Waals surface area contributed by atoms with E-state index in [1.165, 1.54) is 13.8 Å². The zero-order valence-corrected chi connectivity index (χ0v) is 23.2. The van der Waals surface area contributed by atoms with E-state index in [1.54, 1.807) is 24.3 Å². The molecular formula is C30H32N4O8. The van der Waals surface area contributed by atoms with Gasteiger partial charge in [-0.2, -0.15) is 0 Å². The van der Waals surface area contributed by atoms with Crippen molar-refractivity contribution in [3.63, 3.8) is 0 Å². The number of carbonyl (C=O) groups is 4. The minimum absolute atomic E-state index is 0.340. The van der Waals surface area contributed by atoms with Crippen molar-refractivity contribution in [2.75, 3.05) is 0 Å². The highest BCUT2D eigenvalue weighted by atomic mass is 16.6. The molecule has 0 aliphatic rings. The van der Waals surface area contributed by atoms with E-state index in [2.05, 4.69) is 9.97 Å². The van der Waals surface area contributed by atoms with Gasteiger partial charge >= 0.3 is 23.9 Å². The second-order valence-corrected chi connectivity index (χ2v) is 9.59. The maximum absolute atomic E-state index is 12.1. The highest BCUT2D eigenvalue weighted by Gasteiger charge is 2.14. The van der Waals surface area contributed by atoms with Gasteiger partial charge in [-0.15, -0.1) is 0 Å². The fourth-order valence-electron chi connectivity index (χ4n) is 4.43. The lowest BCUT2D eigenvalue weighted by atomic mass is 10.1. The molecule has 12 nitrogen and oxygen atoms in total. The Balaban J connectivity index is 1.19. The van der Waals surface area contributed by atoms with Crippen molar-refractivity contribution >= 4 is 45.7 Å². The van der Waals surface area contributed by atoms with Gasteiger partial charge in [0.2, 0.25) is 0 Å². The topological polar surface area (TPSA) is 189 Å². The Kier molecular flexibility index (Phi) is 9.73. The molecule has 4 aromatic rings. The van der Waals surface area contributed by atoms with Gasteiger partial charge < -0.3 is 28.9 Å². The van der Waals surface area contributed by atoms with Crippen LogP contribution in [0.15, 0.2) is 60.9 Å². The highest BCUT2D eigenvalue weighted by molar-refractivity contribution is 5.92. The lowest BCUT2D eigenvalue weighted by Crippen LogP contribution is -2.28. The molecular weight excluding hydrogens is 544 g/mol. The number of esters is 4. The summed E-state index contributed by atoms with van der Waals surface area (Å²) in [6, 6.07) is 10.5. The van der Waals surface area contributed by atoms with Crippen LogP contribution in [0.2, 0.25) is 0 Å². The fraction of sp³-hybridized carbons (Fsp3) is 0.267. The molecule has 0 saturated carbocycles. The molecule has 2 aromatic heterocycles. The van der Waals surface area contributed by atoms with Crippen LogP contribution in [0.25, 0.3) is 21.8 Å². The van der Waals surface area contributed by atoms with Crippen LogP contribution >= 0.6 is 0 Å². The molecule has 2 atom stereocenters. The number of nitrogens with one attached hydrogen (secondary N) is 2. The number of aromatic amines is 2. The number of benzene rings is 2. The first-order chi connectivity index (χ1) is 20.1. The number of ether oxygens (including phenoxy) is 4. The second-order valence-electron chi connectivity index (χ2n) is 9.59. The third-order valence-electron chi connectivity index (χ3n) is 6.29. The third kappa shape index (κ3) is 8.29. The molecule has 12 heteroatoms. The normalized spacial score (nSPS) is 12.8. The minimum atomic E-state index is -0.896. The van der Waals surface area contributed by atoms with E-state index in [1.807, 2.05) is 24.5 Å². The van der Waals surface area contributed by atoms with Gasteiger partial charge in [0.25, 0.3) is 0 Å². The number of fused-ring (bicyclic) bond motifs is 2. The van der Waals surface area contributed by atoms with Crippen LogP contribution in [0.1, 0.15) is 37.8 Å². The molecule has 2 aromatic carbocycles. The Labute approximate surface area is 240 Å². The number of aromatic nitrogens is 2. The smallest absolute Gasteiger partial charge is 0.332 e. The lowest BCUT2D eigenvalue weighted by molar-refractivity contribution is -0.145. The third-order valence-corrected chi connectivity index (χ3v) is 6.29. The number of H-pyrrole nitrogens is 2. The Morgan fingerprint density at radius 2 is 1.12 bits per heavy atom. The summed E-state index contributed by atoms with van der Waals surface area (Å²) in [7, 11) is 0. The van der Waals surface area contributed by atoms with Crippen LogP contribution in [0.3, 0.4) is 0 Å². The summed E-state index contributed by atoms with van der Waals surface area (Å²) in [4.78, 5) is 52.8. The van der Waals surface area contributed by atoms with Crippen LogP contribution in [-0.2, 0) is 41.5 Å². The van der Waals surface area contributed by atoms with Crippen LogP contribution in [0.4, 0.5) is 0 Å². The van der Waals surface area contributed by atoms with E-state index in [-0.39, 0.29) is 0 Å². The van der Waals surface area contributed by atoms with Crippen LogP contribution in [0, 0.1) is 0 Å². The summed E-state index contributed by atoms with van der Waals surface area (Å²) in [6.45, 7) is 2.67. The Bertz CT molecular complexity index is 1520. The van der Waals surface area contributed by atoms with Crippen LogP contribution < -0.4 is 20.9 Å². The first-order valence-electron chi connectivity index (χ1n) is 13.2. The van der Waals surface area contributed by atoms with Gasteiger partial charge in [-0.1, -0.05) is 0 Å². The zero-order valence-electron chi connectivity index (χ0n) is 23.2. The molecule has 0 spiro atoms. The van der Waals surface area contributed by atoms with Crippen molar-refractivity contribution in [3.05, 3.63) is 72.1 Å². The molecule has 0 saturated heterocycles. The summed E-state index contributed by atoms with van der Waals surface area (Å²) < 4.78 is 20.5. The minimum Gasteiger partial charge on any atom is -0.444 e. The Morgan fingerprint density at radius 1 is 0.714 bits per heavy atom. The van der Waals surface area contributed by atoms with E-state index in [0.29, 0.717) is 37.2 Å².